The Balaban J connectivity index is 1.67. The maximum atomic E-state index is 12.3. The minimum Gasteiger partial charge on any atom is -0.324 e. The summed E-state index contributed by atoms with van der Waals surface area (Å²) >= 11 is 1.53. The Labute approximate surface area is 122 Å². The van der Waals surface area contributed by atoms with Gasteiger partial charge in [0.05, 0.1) is 10.2 Å². The standard InChI is InChI=1S/C15H19N3OS/c19-15(18-10-6-2-1-3-7-11-18)17-14-16-12-8-4-5-9-13(12)20-14/h4-5,8-9H,1-3,6-7,10-11H2,(H,16,17,19). The van der Waals surface area contributed by atoms with E-state index < -0.39 is 0 Å². The fraction of sp³-hybridized carbons (Fsp3) is 0.467. The molecular weight excluding hydrogens is 270 g/mol. The summed E-state index contributed by atoms with van der Waals surface area (Å²) in [6.07, 6.45) is 5.96. The monoisotopic (exact) mass is 289 g/mol. The van der Waals surface area contributed by atoms with E-state index in [1.54, 1.807) is 0 Å². The first-order valence-corrected chi connectivity index (χ1v) is 8.06. The Hall–Kier alpha value is -1.62. The number of nitrogens with zero attached hydrogens (tertiary/aromatic N) is 2. The van der Waals surface area contributed by atoms with E-state index in [-0.39, 0.29) is 6.03 Å². The van der Waals surface area contributed by atoms with Gasteiger partial charge in [-0.3, -0.25) is 5.32 Å². The van der Waals surface area contributed by atoms with Gasteiger partial charge in [0.15, 0.2) is 5.13 Å². The van der Waals surface area contributed by atoms with Crippen molar-refractivity contribution in [2.75, 3.05) is 18.4 Å². The van der Waals surface area contributed by atoms with E-state index in [2.05, 4.69) is 10.3 Å². The number of aromatic nitrogens is 1. The molecule has 2 aromatic rings. The van der Waals surface area contributed by atoms with Gasteiger partial charge < -0.3 is 4.90 Å². The molecule has 1 aromatic carbocycles. The second kappa shape index (κ2) is 6.22. The van der Waals surface area contributed by atoms with E-state index in [1.165, 1.54) is 30.6 Å². The van der Waals surface area contributed by atoms with Crippen molar-refractivity contribution in [1.29, 1.82) is 0 Å². The van der Waals surface area contributed by atoms with Gasteiger partial charge in [0.2, 0.25) is 0 Å². The summed E-state index contributed by atoms with van der Waals surface area (Å²) in [5, 5.41) is 3.64. The maximum absolute atomic E-state index is 12.3. The summed E-state index contributed by atoms with van der Waals surface area (Å²) in [6, 6.07) is 7.94. The highest BCUT2D eigenvalue weighted by molar-refractivity contribution is 7.22. The number of carbonyl (C=O) groups excluding carboxylic acids is 1. The summed E-state index contributed by atoms with van der Waals surface area (Å²) in [5.74, 6) is 0. The normalized spacial score (nSPS) is 16.7. The third kappa shape index (κ3) is 3.10. The van der Waals surface area contributed by atoms with Crippen molar-refractivity contribution in [3.8, 4) is 0 Å². The Morgan fingerprint density at radius 1 is 1.10 bits per heavy atom. The van der Waals surface area contributed by atoms with Gasteiger partial charge in [0.25, 0.3) is 0 Å². The van der Waals surface area contributed by atoms with Crippen LogP contribution in [0, 0.1) is 0 Å². The molecule has 0 bridgehead atoms. The van der Waals surface area contributed by atoms with Crippen LogP contribution in [0.4, 0.5) is 9.93 Å². The summed E-state index contributed by atoms with van der Waals surface area (Å²) in [4.78, 5) is 18.7. The molecule has 1 aliphatic heterocycles. The van der Waals surface area contributed by atoms with E-state index in [9.17, 15) is 4.79 Å². The highest BCUT2D eigenvalue weighted by Crippen LogP contribution is 2.25. The summed E-state index contributed by atoms with van der Waals surface area (Å²) < 4.78 is 1.11. The number of thiazole rings is 1. The van der Waals surface area contributed by atoms with Crippen LogP contribution < -0.4 is 5.32 Å². The van der Waals surface area contributed by atoms with Crippen molar-refractivity contribution in [2.24, 2.45) is 0 Å². The van der Waals surface area contributed by atoms with Crippen LogP contribution in [0.2, 0.25) is 0 Å². The van der Waals surface area contributed by atoms with Crippen molar-refractivity contribution >= 4 is 32.7 Å². The van der Waals surface area contributed by atoms with Crippen LogP contribution in [-0.2, 0) is 0 Å². The van der Waals surface area contributed by atoms with Crippen LogP contribution in [0.1, 0.15) is 32.1 Å². The molecule has 1 fully saturated rings. The Kier molecular flexibility index (Phi) is 4.16. The second-order valence-electron chi connectivity index (χ2n) is 5.17. The lowest BCUT2D eigenvalue weighted by atomic mass is 10.1. The number of fused-ring (bicyclic) bond motifs is 1. The molecule has 0 spiro atoms. The average Bonchev–Trinajstić information content (AvgIpc) is 2.80. The Bertz CT molecular complexity index is 555. The van der Waals surface area contributed by atoms with Gasteiger partial charge in [-0.25, -0.2) is 9.78 Å². The topological polar surface area (TPSA) is 45.2 Å². The summed E-state index contributed by atoms with van der Waals surface area (Å²) in [6.45, 7) is 1.72. The molecule has 0 aliphatic carbocycles. The number of carbonyl (C=O) groups is 1. The molecule has 20 heavy (non-hydrogen) atoms. The lowest BCUT2D eigenvalue weighted by Crippen LogP contribution is -2.37. The van der Waals surface area contributed by atoms with Gasteiger partial charge in [-0.2, -0.15) is 0 Å². The number of hydrogen-bond acceptors (Lipinski definition) is 3. The number of hydrogen-bond donors (Lipinski definition) is 1. The molecular formula is C15H19N3OS. The van der Waals surface area contributed by atoms with Crippen LogP contribution in [0.25, 0.3) is 10.2 Å². The number of urea groups is 1. The Morgan fingerprint density at radius 2 is 1.80 bits per heavy atom. The first-order chi connectivity index (χ1) is 9.83. The minimum absolute atomic E-state index is 0.00837. The molecule has 1 N–H and O–H groups in total. The number of amides is 2. The maximum Gasteiger partial charge on any atom is 0.323 e. The highest BCUT2D eigenvalue weighted by Gasteiger charge is 2.16. The van der Waals surface area contributed by atoms with E-state index in [0.717, 1.165) is 36.1 Å². The number of benzene rings is 1. The van der Waals surface area contributed by atoms with Crippen molar-refractivity contribution in [3.63, 3.8) is 0 Å². The van der Waals surface area contributed by atoms with Crippen molar-refractivity contribution in [2.45, 2.75) is 32.1 Å². The second-order valence-corrected chi connectivity index (χ2v) is 6.20. The summed E-state index contributed by atoms with van der Waals surface area (Å²) in [5.41, 5.74) is 0.945. The third-order valence-electron chi connectivity index (χ3n) is 3.65. The number of rotatable bonds is 1. The van der Waals surface area contributed by atoms with E-state index in [4.69, 9.17) is 0 Å². The molecule has 0 saturated carbocycles. The van der Waals surface area contributed by atoms with Crippen LogP contribution in [-0.4, -0.2) is 29.0 Å². The number of likely N-dealkylation sites (tertiary alicyclic amines) is 1. The fourth-order valence-electron chi connectivity index (χ4n) is 2.55. The van der Waals surface area contributed by atoms with Gasteiger partial charge in [0.1, 0.15) is 0 Å². The quantitative estimate of drug-likeness (QED) is 0.859. The van der Waals surface area contributed by atoms with Gasteiger partial charge in [0, 0.05) is 13.1 Å². The van der Waals surface area contributed by atoms with Gasteiger partial charge in [-0.05, 0) is 25.0 Å². The van der Waals surface area contributed by atoms with Crippen LogP contribution in [0.5, 0.6) is 0 Å². The molecule has 2 heterocycles. The largest absolute Gasteiger partial charge is 0.324 e. The lowest BCUT2D eigenvalue weighted by Gasteiger charge is -2.24. The van der Waals surface area contributed by atoms with Gasteiger partial charge in [-0.1, -0.05) is 42.7 Å². The molecule has 0 unspecified atom stereocenters. The highest BCUT2D eigenvalue weighted by atomic mass is 32.1. The third-order valence-corrected chi connectivity index (χ3v) is 4.60. The molecule has 1 aliphatic rings. The smallest absolute Gasteiger partial charge is 0.323 e. The minimum atomic E-state index is -0.00837. The molecule has 3 rings (SSSR count). The lowest BCUT2D eigenvalue weighted by molar-refractivity contribution is 0.206. The average molecular weight is 289 g/mol. The van der Waals surface area contributed by atoms with E-state index >= 15 is 0 Å². The zero-order valence-electron chi connectivity index (χ0n) is 11.5. The Morgan fingerprint density at radius 3 is 2.55 bits per heavy atom. The summed E-state index contributed by atoms with van der Waals surface area (Å²) in [7, 11) is 0. The van der Waals surface area contributed by atoms with Crippen LogP contribution in [0.15, 0.2) is 24.3 Å². The fourth-order valence-corrected chi connectivity index (χ4v) is 3.40. The van der Waals surface area contributed by atoms with Crippen molar-refractivity contribution < 1.29 is 4.79 Å². The first kappa shape index (κ1) is 13.4. The molecule has 1 saturated heterocycles. The first-order valence-electron chi connectivity index (χ1n) is 7.24. The molecule has 5 heteroatoms. The molecule has 106 valence electrons. The number of para-hydroxylation sites is 1. The molecule has 2 amide bonds. The zero-order chi connectivity index (χ0) is 13.8. The van der Waals surface area contributed by atoms with Crippen molar-refractivity contribution in [3.05, 3.63) is 24.3 Å². The predicted molar refractivity (Wildman–Crippen MR) is 83.3 cm³/mol. The van der Waals surface area contributed by atoms with Gasteiger partial charge >= 0.3 is 6.03 Å². The predicted octanol–water partition coefficient (Wildman–Crippen LogP) is 4.09. The SMILES string of the molecule is O=C(Nc1nc2ccccc2s1)N1CCCCCCC1. The molecule has 4 nitrogen and oxygen atoms in total. The number of nitrogens with one attached hydrogen (secondary N) is 1. The molecule has 1 aromatic heterocycles. The molecule has 0 atom stereocenters. The van der Waals surface area contributed by atoms with Crippen molar-refractivity contribution in [1.82, 2.24) is 9.88 Å². The van der Waals surface area contributed by atoms with Crippen LogP contribution in [0.3, 0.4) is 0 Å². The number of anilines is 1. The van der Waals surface area contributed by atoms with Crippen LogP contribution >= 0.6 is 11.3 Å². The molecule has 0 radical (unpaired) electrons. The zero-order valence-corrected chi connectivity index (χ0v) is 12.3. The van der Waals surface area contributed by atoms with Gasteiger partial charge in [-0.15, -0.1) is 0 Å². The van der Waals surface area contributed by atoms with E-state index in [0.29, 0.717) is 5.13 Å². The van der Waals surface area contributed by atoms with E-state index in [1.807, 2.05) is 29.2 Å².